The molecule has 0 spiro atoms. The molecule has 0 atom stereocenters. The van der Waals surface area contributed by atoms with Crippen molar-refractivity contribution in [3.8, 4) is 0 Å². The van der Waals surface area contributed by atoms with Crippen molar-refractivity contribution in [3.05, 3.63) is 47.3 Å². The van der Waals surface area contributed by atoms with Crippen molar-refractivity contribution in [1.29, 1.82) is 0 Å². The Morgan fingerprint density at radius 2 is 2.11 bits per heavy atom. The van der Waals surface area contributed by atoms with E-state index in [-0.39, 0.29) is 5.82 Å². The lowest BCUT2D eigenvalue weighted by atomic mass is 9.90. The van der Waals surface area contributed by atoms with Crippen molar-refractivity contribution in [2.24, 2.45) is 5.92 Å². The van der Waals surface area contributed by atoms with Gasteiger partial charge in [-0.3, -0.25) is 4.90 Å². The second-order valence-electron chi connectivity index (χ2n) is 4.94. The maximum atomic E-state index is 13.1. The summed E-state index contributed by atoms with van der Waals surface area (Å²) in [5, 5.41) is 0. The fraction of sp³-hybridized carbons (Fsp3) is 0.467. The van der Waals surface area contributed by atoms with Gasteiger partial charge in [0, 0.05) is 12.1 Å². The minimum atomic E-state index is -0.128. The Hall–Kier alpha value is -0.860. The third-order valence-electron chi connectivity index (χ3n) is 3.57. The van der Waals surface area contributed by atoms with Crippen molar-refractivity contribution in [2.75, 3.05) is 19.6 Å². The Kier molecular flexibility index (Phi) is 5.21. The van der Waals surface area contributed by atoms with E-state index in [0.29, 0.717) is 5.92 Å². The van der Waals surface area contributed by atoms with E-state index in [1.54, 1.807) is 17.7 Å². The van der Waals surface area contributed by atoms with Crippen LogP contribution in [-0.2, 0) is 6.42 Å². The second kappa shape index (κ2) is 6.91. The molecule has 0 saturated carbocycles. The summed E-state index contributed by atoms with van der Waals surface area (Å²) in [6.45, 7) is 3.17. The van der Waals surface area contributed by atoms with E-state index in [2.05, 4.69) is 4.90 Å². The summed E-state index contributed by atoms with van der Waals surface area (Å²) in [5.41, 5.74) is 2.70. The van der Waals surface area contributed by atoms with Crippen molar-refractivity contribution >= 4 is 11.6 Å². The average molecular weight is 268 g/mol. The number of hydrogen-bond acceptors (Lipinski definition) is 1. The topological polar surface area (TPSA) is 3.24 Å². The number of rotatable bonds is 4. The van der Waals surface area contributed by atoms with E-state index in [1.165, 1.54) is 18.9 Å². The third-order valence-corrected chi connectivity index (χ3v) is 3.75. The minimum absolute atomic E-state index is 0.128. The Labute approximate surface area is 113 Å². The summed E-state index contributed by atoms with van der Waals surface area (Å²) < 4.78 is 13.1. The molecule has 1 nitrogen and oxygen atoms in total. The van der Waals surface area contributed by atoms with Crippen molar-refractivity contribution < 1.29 is 4.39 Å². The first-order chi connectivity index (χ1) is 8.78. The van der Waals surface area contributed by atoms with Crippen LogP contribution >= 0.6 is 11.6 Å². The van der Waals surface area contributed by atoms with E-state index in [9.17, 15) is 4.39 Å². The molecule has 3 heteroatoms. The Bertz CT molecular complexity index is 397. The SMILES string of the molecule is Fc1cccc(CC2CCN(CC=CCl)CC2)c1. The van der Waals surface area contributed by atoms with Crippen LogP contribution in [0.2, 0.25) is 0 Å². The van der Waals surface area contributed by atoms with Gasteiger partial charge < -0.3 is 0 Å². The quantitative estimate of drug-likeness (QED) is 0.801. The van der Waals surface area contributed by atoms with Gasteiger partial charge in [-0.15, -0.1) is 0 Å². The molecule has 2 rings (SSSR count). The van der Waals surface area contributed by atoms with Crippen LogP contribution in [0, 0.1) is 11.7 Å². The maximum Gasteiger partial charge on any atom is 0.123 e. The molecule has 0 N–H and O–H groups in total. The number of hydrogen-bond donors (Lipinski definition) is 0. The van der Waals surface area contributed by atoms with Gasteiger partial charge in [0.1, 0.15) is 5.82 Å². The molecule has 1 heterocycles. The highest BCUT2D eigenvalue weighted by molar-refractivity contribution is 6.25. The number of nitrogens with zero attached hydrogens (tertiary/aromatic N) is 1. The molecule has 1 aromatic rings. The van der Waals surface area contributed by atoms with Gasteiger partial charge in [0.2, 0.25) is 0 Å². The Morgan fingerprint density at radius 1 is 1.33 bits per heavy atom. The lowest BCUT2D eigenvalue weighted by molar-refractivity contribution is 0.200. The van der Waals surface area contributed by atoms with E-state index in [0.717, 1.165) is 31.6 Å². The van der Waals surface area contributed by atoms with Crippen LogP contribution in [0.25, 0.3) is 0 Å². The number of halogens is 2. The highest BCUT2D eigenvalue weighted by Crippen LogP contribution is 2.21. The fourth-order valence-electron chi connectivity index (χ4n) is 2.56. The predicted octanol–water partition coefficient (Wildman–Crippen LogP) is 3.83. The average Bonchev–Trinajstić information content (AvgIpc) is 2.38. The first kappa shape index (κ1) is 13.6. The monoisotopic (exact) mass is 267 g/mol. The van der Waals surface area contributed by atoms with E-state index in [4.69, 9.17) is 11.6 Å². The maximum absolute atomic E-state index is 13.1. The summed E-state index contributed by atoms with van der Waals surface area (Å²) in [7, 11) is 0. The van der Waals surface area contributed by atoms with E-state index >= 15 is 0 Å². The molecule has 1 fully saturated rings. The van der Waals surface area contributed by atoms with Gasteiger partial charge in [-0.25, -0.2) is 4.39 Å². The second-order valence-corrected chi connectivity index (χ2v) is 5.19. The molecular weight excluding hydrogens is 249 g/mol. The van der Waals surface area contributed by atoms with Gasteiger partial charge in [0.15, 0.2) is 0 Å². The van der Waals surface area contributed by atoms with Crippen LogP contribution < -0.4 is 0 Å². The molecule has 98 valence electrons. The molecule has 18 heavy (non-hydrogen) atoms. The van der Waals surface area contributed by atoms with Crippen molar-refractivity contribution in [3.63, 3.8) is 0 Å². The molecule has 0 unspecified atom stereocenters. The van der Waals surface area contributed by atoms with Crippen LogP contribution in [0.4, 0.5) is 4.39 Å². The third kappa shape index (κ3) is 4.11. The Balaban J connectivity index is 1.80. The predicted molar refractivity (Wildman–Crippen MR) is 74.3 cm³/mol. The molecule has 1 saturated heterocycles. The van der Waals surface area contributed by atoms with Gasteiger partial charge in [0.25, 0.3) is 0 Å². The van der Waals surface area contributed by atoms with Gasteiger partial charge in [-0.2, -0.15) is 0 Å². The molecule has 1 aliphatic heterocycles. The largest absolute Gasteiger partial charge is 0.300 e. The molecule has 0 amide bonds. The highest BCUT2D eigenvalue weighted by atomic mass is 35.5. The normalized spacial score (nSPS) is 18.6. The van der Waals surface area contributed by atoms with Crippen LogP contribution in [0.1, 0.15) is 18.4 Å². The first-order valence-corrected chi connectivity index (χ1v) is 6.93. The molecule has 0 radical (unpaired) electrons. The first-order valence-electron chi connectivity index (χ1n) is 6.50. The number of benzene rings is 1. The van der Waals surface area contributed by atoms with Gasteiger partial charge in [0.05, 0.1) is 0 Å². The molecule has 0 aliphatic carbocycles. The summed E-state index contributed by atoms with van der Waals surface area (Å²) in [5.74, 6) is 0.556. The molecule has 0 aromatic heterocycles. The minimum Gasteiger partial charge on any atom is -0.300 e. The summed E-state index contributed by atoms with van der Waals surface area (Å²) >= 11 is 5.53. The summed E-state index contributed by atoms with van der Waals surface area (Å²) in [6.07, 6.45) is 5.35. The number of likely N-dealkylation sites (tertiary alicyclic amines) is 1. The molecule has 1 aromatic carbocycles. The highest BCUT2D eigenvalue weighted by Gasteiger charge is 2.18. The molecule has 0 bridgehead atoms. The van der Waals surface area contributed by atoms with E-state index < -0.39 is 0 Å². The van der Waals surface area contributed by atoms with E-state index in [1.807, 2.05) is 12.1 Å². The zero-order chi connectivity index (χ0) is 12.8. The van der Waals surface area contributed by atoms with Crippen LogP contribution in [0.5, 0.6) is 0 Å². The summed E-state index contributed by atoms with van der Waals surface area (Å²) in [6, 6.07) is 6.98. The fourth-order valence-corrected chi connectivity index (χ4v) is 2.64. The number of piperidine rings is 1. The van der Waals surface area contributed by atoms with Gasteiger partial charge >= 0.3 is 0 Å². The van der Waals surface area contributed by atoms with Gasteiger partial charge in [-0.05, 0) is 56.0 Å². The van der Waals surface area contributed by atoms with Crippen LogP contribution in [0.15, 0.2) is 35.9 Å². The zero-order valence-electron chi connectivity index (χ0n) is 10.5. The van der Waals surface area contributed by atoms with Crippen LogP contribution in [-0.4, -0.2) is 24.5 Å². The lowest BCUT2D eigenvalue weighted by Gasteiger charge is -2.31. The smallest absolute Gasteiger partial charge is 0.123 e. The van der Waals surface area contributed by atoms with Crippen molar-refractivity contribution in [1.82, 2.24) is 4.90 Å². The van der Waals surface area contributed by atoms with Crippen LogP contribution in [0.3, 0.4) is 0 Å². The lowest BCUT2D eigenvalue weighted by Crippen LogP contribution is -2.34. The molecular formula is C15H19ClFN. The summed E-state index contributed by atoms with van der Waals surface area (Å²) in [4.78, 5) is 2.40. The Morgan fingerprint density at radius 3 is 2.78 bits per heavy atom. The van der Waals surface area contributed by atoms with Gasteiger partial charge in [-0.1, -0.05) is 29.8 Å². The molecule has 1 aliphatic rings. The van der Waals surface area contributed by atoms with Crippen molar-refractivity contribution in [2.45, 2.75) is 19.3 Å². The zero-order valence-corrected chi connectivity index (χ0v) is 11.2. The standard InChI is InChI=1S/C15H19ClFN/c16-7-2-8-18-9-5-13(6-10-18)11-14-3-1-4-15(17)12-14/h1-4,7,12-13H,5-6,8-11H2.